The predicted molar refractivity (Wildman–Crippen MR) is 71.0 cm³/mol. The minimum Gasteiger partial charge on any atom is -0.225 e. The van der Waals surface area contributed by atoms with Crippen LogP contribution in [0.2, 0.25) is 0 Å². The molecule has 1 saturated heterocycles. The van der Waals surface area contributed by atoms with Gasteiger partial charge >= 0.3 is 0 Å². The van der Waals surface area contributed by atoms with Crippen LogP contribution in [0, 0.1) is 0 Å². The molecule has 0 radical (unpaired) electrons. The van der Waals surface area contributed by atoms with Gasteiger partial charge < -0.3 is 0 Å². The molecule has 4 nitrogen and oxygen atoms in total. The summed E-state index contributed by atoms with van der Waals surface area (Å²) in [6.45, 7) is 8.06. The highest BCUT2D eigenvalue weighted by Gasteiger charge is 2.40. The van der Waals surface area contributed by atoms with Crippen LogP contribution in [0.4, 0.5) is 0 Å². The Labute approximate surface area is 105 Å². The van der Waals surface area contributed by atoms with E-state index < -0.39 is 14.8 Å². The van der Waals surface area contributed by atoms with Gasteiger partial charge in [0.1, 0.15) is 0 Å². The highest BCUT2D eigenvalue weighted by atomic mass is 32.2. The van der Waals surface area contributed by atoms with Crippen LogP contribution in [0.25, 0.3) is 0 Å². The molecule has 1 N–H and O–H groups in total. The zero-order valence-corrected chi connectivity index (χ0v) is 12.0. The van der Waals surface area contributed by atoms with Crippen LogP contribution in [0.5, 0.6) is 0 Å². The van der Waals surface area contributed by atoms with Crippen molar-refractivity contribution < 1.29 is 8.42 Å². The number of nitrogens with zero attached hydrogens (tertiary/aromatic N) is 1. The normalized spacial score (nSPS) is 25.4. The van der Waals surface area contributed by atoms with Crippen LogP contribution in [-0.2, 0) is 10.0 Å². The number of hydrogen-bond acceptors (Lipinski definition) is 3. The fourth-order valence-electron chi connectivity index (χ4n) is 1.40. The van der Waals surface area contributed by atoms with Gasteiger partial charge in [0.2, 0.25) is 10.0 Å². The molecular formula is C12H24N2O2S. The average molecular weight is 260 g/mol. The van der Waals surface area contributed by atoms with E-state index in [1.165, 1.54) is 0 Å². The fourth-order valence-corrected chi connectivity index (χ4v) is 2.21. The van der Waals surface area contributed by atoms with Crippen LogP contribution in [0.3, 0.4) is 0 Å². The summed E-state index contributed by atoms with van der Waals surface area (Å²) in [4.78, 5) is 2.64. The Morgan fingerprint density at radius 3 is 2.53 bits per heavy atom. The van der Waals surface area contributed by atoms with E-state index in [4.69, 9.17) is 0 Å². The molecule has 0 spiro atoms. The van der Waals surface area contributed by atoms with Crippen molar-refractivity contribution in [2.45, 2.75) is 57.7 Å². The molecule has 17 heavy (non-hydrogen) atoms. The largest absolute Gasteiger partial charge is 0.229 e. The molecule has 1 aliphatic heterocycles. The zero-order chi connectivity index (χ0) is 13.1. The van der Waals surface area contributed by atoms with Gasteiger partial charge in [0.05, 0.1) is 4.75 Å². The lowest BCUT2D eigenvalue weighted by molar-refractivity contribution is 0.428. The summed E-state index contributed by atoms with van der Waals surface area (Å²) in [6, 6.07) is 0.369. The minimum atomic E-state index is -3.24. The van der Waals surface area contributed by atoms with E-state index in [1.54, 1.807) is 25.8 Å². The standard InChI is InChI=1S/C12H24N2O2S/c1-5-6-7-8-9-11-10-14(11)13-17(15,16)12(2,3)4/h6-7,11,13H,5,8-10H2,1-4H3/b7-6-. The van der Waals surface area contributed by atoms with Crippen molar-refractivity contribution in [1.82, 2.24) is 9.84 Å². The molecule has 1 heterocycles. The van der Waals surface area contributed by atoms with Gasteiger partial charge in [-0.1, -0.05) is 19.1 Å². The van der Waals surface area contributed by atoms with E-state index >= 15 is 0 Å². The number of sulfonamides is 1. The molecule has 0 aromatic rings. The van der Waals surface area contributed by atoms with Gasteiger partial charge in [-0.25, -0.2) is 13.4 Å². The third-order valence-corrected chi connectivity index (χ3v) is 4.91. The van der Waals surface area contributed by atoms with Crippen LogP contribution in [0.15, 0.2) is 12.2 Å². The van der Waals surface area contributed by atoms with Gasteiger partial charge in [0.15, 0.2) is 0 Å². The van der Waals surface area contributed by atoms with E-state index in [1.807, 2.05) is 0 Å². The molecule has 0 bridgehead atoms. The molecule has 0 aromatic carbocycles. The van der Waals surface area contributed by atoms with Crippen molar-refractivity contribution in [3.63, 3.8) is 0 Å². The van der Waals surface area contributed by atoms with Crippen molar-refractivity contribution in [2.24, 2.45) is 0 Å². The summed E-state index contributed by atoms with van der Waals surface area (Å²) in [7, 11) is -3.24. The summed E-state index contributed by atoms with van der Waals surface area (Å²) in [5.74, 6) is 0. The first-order chi connectivity index (χ1) is 7.78. The Balaban J connectivity index is 2.31. The number of rotatable bonds is 6. The van der Waals surface area contributed by atoms with Crippen molar-refractivity contribution >= 4 is 10.0 Å². The summed E-state index contributed by atoms with van der Waals surface area (Å²) in [5, 5.41) is 1.81. The molecule has 5 heteroatoms. The molecule has 0 saturated carbocycles. The first kappa shape index (κ1) is 14.7. The van der Waals surface area contributed by atoms with Crippen LogP contribution >= 0.6 is 0 Å². The molecule has 2 atom stereocenters. The fraction of sp³-hybridized carbons (Fsp3) is 0.833. The average Bonchev–Trinajstić information content (AvgIpc) is 2.89. The monoisotopic (exact) mass is 260 g/mol. The van der Waals surface area contributed by atoms with Crippen molar-refractivity contribution in [3.05, 3.63) is 12.2 Å². The van der Waals surface area contributed by atoms with Gasteiger partial charge in [-0.3, -0.25) is 0 Å². The molecule has 100 valence electrons. The van der Waals surface area contributed by atoms with Gasteiger partial charge in [-0.05, 0) is 40.0 Å². The highest BCUT2D eigenvalue weighted by Crippen LogP contribution is 2.23. The zero-order valence-electron chi connectivity index (χ0n) is 11.2. The molecule has 0 amide bonds. The highest BCUT2D eigenvalue weighted by molar-refractivity contribution is 7.90. The molecule has 2 unspecified atom stereocenters. The smallest absolute Gasteiger partial charge is 0.225 e. The Hall–Kier alpha value is -0.390. The molecule has 1 fully saturated rings. The Bertz CT molecular complexity index is 368. The molecular weight excluding hydrogens is 236 g/mol. The maximum Gasteiger partial charge on any atom is 0.229 e. The Kier molecular flexibility index (Phi) is 4.75. The van der Waals surface area contributed by atoms with Gasteiger partial charge in [0.25, 0.3) is 0 Å². The maximum atomic E-state index is 11.9. The summed E-state index contributed by atoms with van der Waals surface area (Å²) >= 11 is 0. The maximum absolute atomic E-state index is 11.9. The second-order valence-electron chi connectivity index (χ2n) is 5.47. The van der Waals surface area contributed by atoms with Crippen LogP contribution in [0.1, 0.15) is 47.0 Å². The van der Waals surface area contributed by atoms with E-state index in [2.05, 4.69) is 23.9 Å². The number of hydrazine groups is 1. The number of hydrogen-bond donors (Lipinski definition) is 1. The molecule has 0 aromatic heterocycles. The second-order valence-corrected chi connectivity index (χ2v) is 7.88. The lowest BCUT2D eigenvalue weighted by atomic mass is 10.2. The van der Waals surface area contributed by atoms with E-state index in [0.717, 1.165) is 25.8 Å². The summed E-state index contributed by atoms with van der Waals surface area (Å²) < 4.78 is 23.0. The molecule has 1 aliphatic rings. The lowest BCUT2D eigenvalue weighted by Gasteiger charge is -2.20. The van der Waals surface area contributed by atoms with E-state index in [9.17, 15) is 8.42 Å². The van der Waals surface area contributed by atoms with Gasteiger partial charge in [0, 0.05) is 12.6 Å². The minimum absolute atomic E-state index is 0.369. The molecule has 1 rings (SSSR count). The first-order valence-electron chi connectivity index (χ1n) is 6.21. The van der Waals surface area contributed by atoms with E-state index in [0.29, 0.717) is 6.04 Å². The Morgan fingerprint density at radius 1 is 1.35 bits per heavy atom. The van der Waals surface area contributed by atoms with Gasteiger partial charge in [-0.2, -0.15) is 0 Å². The van der Waals surface area contributed by atoms with Crippen molar-refractivity contribution in [1.29, 1.82) is 0 Å². The predicted octanol–water partition coefficient (Wildman–Crippen LogP) is 2.05. The third-order valence-electron chi connectivity index (χ3n) is 2.83. The number of nitrogens with one attached hydrogen (secondary N) is 1. The van der Waals surface area contributed by atoms with E-state index in [-0.39, 0.29) is 0 Å². The van der Waals surface area contributed by atoms with Gasteiger partial charge in [-0.15, -0.1) is 4.83 Å². The quantitative estimate of drug-likeness (QED) is 0.587. The SMILES string of the molecule is CC/C=C\CCC1CN1NS(=O)(=O)C(C)(C)C. The van der Waals surface area contributed by atoms with Crippen molar-refractivity contribution in [3.8, 4) is 0 Å². The summed E-state index contributed by atoms with van der Waals surface area (Å²) in [5.41, 5.74) is 0. The summed E-state index contributed by atoms with van der Waals surface area (Å²) in [6.07, 6.45) is 7.40. The third kappa shape index (κ3) is 4.41. The molecule has 0 aliphatic carbocycles. The van der Waals surface area contributed by atoms with Crippen LogP contribution < -0.4 is 4.83 Å². The lowest BCUT2D eigenvalue weighted by Crippen LogP contribution is -2.42. The van der Waals surface area contributed by atoms with Crippen molar-refractivity contribution in [2.75, 3.05) is 6.54 Å². The second kappa shape index (κ2) is 5.50. The number of allylic oxidation sites excluding steroid dienone is 2. The topological polar surface area (TPSA) is 49.2 Å². The Morgan fingerprint density at radius 2 is 2.00 bits per heavy atom. The first-order valence-corrected chi connectivity index (χ1v) is 7.70. The van der Waals surface area contributed by atoms with Crippen LogP contribution in [-0.4, -0.2) is 30.8 Å².